The SMILES string of the molecule is CNC1CC2(C)CCC(C)(C1)N2.Cl.Cl. The number of fused-ring (bicyclic) bond motifs is 2. The predicted octanol–water partition coefficient (Wildman–Crippen LogP) is 2.11. The van der Waals surface area contributed by atoms with E-state index in [1.165, 1.54) is 25.7 Å². The normalized spacial score (nSPS) is 45.2. The second kappa shape index (κ2) is 4.56. The third-order valence-electron chi connectivity index (χ3n) is 3.63. The first-order valence-corrected chi connectivity index (χ1v) is 5.02. The molecule has 2 saturated heterocycles. The first kappa shape index (κ1) is 14.5. The Balaban J connectivity index is 0.000000845. The Morgan fingerprint density at radius 2 is 1.50 bits per heavy atom. The predicted molar refractivity (Wildman–Crippen MR) is 65.8 cm³/mol. The summed E-state index contributed by atoms with van der Waals surface area (Å²) in [6, 6.07) is 0.726. The largest absolute Gasteiger partial charge is 0.317 e. The van der Waals surface area contributed by atoms with Crippen LogP contribution in [0.2, 0.25) is 0 Å². The molecule has 86 valence electrons. The highest BCUT2D eigenvalue weighted by molar-refractivity contribution is 5.85. The van der Waals surface area contributed by atoms with Crippen LogP contribution in [0.4, 0.5) is 0 Å². The minimum absolute atomic E-state index is 0. The lowest BCUT2D eigenvalue weighted by atomic mass is 9.85. The first-order chi connectivity index (χ1) is 5.55. The molecule has 2 N–H and O–H groups in total. The van der Waals surface area contributed by atoms with Crippen LogP contribution < -0.4 is 10.6 Å². The van der Waals surface area contributed by atoms with Gasteiger partial charge in [0.2, 0.25) is 0 Å². The molecule has 2 rings (SSSR count). The van der Waals surface area contributed by atoms with E-state index >= 15 is 0 Å². The van der Waals surface area contributed by atoms with Gasteiger partial charge in [0.15, 0.2) is 0 Å². The fourth-order valence-electron chi connectivity index (χ4n) is 3.08. The number of rotatable bonds is 1. The molecule has 2 fully saturated rings. The van der Waals surface area contributed by atoms with Crippen LogP contribution in [-0.2, 0) is 0 Å². The Hall–Kier alpha value is 0.500. The summed E-state index contributed by atoms with van der Waals surface area (Å²) in [4.78, 5) is 0. The molecular weight excluding hydrogens is 219 g/mol. The average Bonchev–Trinajstić information content (AvgIpc) is 2.20. The molecule has 0 aromatic carbocycles. The van der Waals surface area contributed by atoms with Gasteiger partial charge in [0.1, 0.15) is 0 Å². The molecular formula is C10H22Cl2N2. The van der Waals surface area contributed by atoms with E-state index < -0.39 is 0 Å². The molecule has 0 radical (unpaired) electrons. The zero-order chi connectivity index (χ0) is 8.82. The Kier molecular flexibility index (Phi) is 4.73. The van der Waals surface area contributed by atoms with Crippen molar-refractivity contribution in [3.8, 4) is 0 Å². The summed E-state index contributed by atoms with van der Waals surface area (Å²) in [5.41, 5.74) is 0.835. The summed E-state index contributed by atoms with van der Waals surface area (Å²) in [5, 5.41) is 7.18. The number of hydrogen-bond acceptors (Lipinski definition) is 2. The number of halogens is 2. The van der Waals surface area contributed by atoms with Gasteiger partial charge in [-0.1, -0.05) is 0 Å². The Labute approximate surface area is 99.4 Å². The van der Waals surface area contributed by atoms with Crippen molar-refractivity contribution < 1.29 is 0 Å². The van der Waals surface area contributed by atoms with Crippen molar-refractivity contribution in [1.29, 1.82) is 0 Å². The molecule has 2 aliphatic heterocycles. The van der Waals surface area contributed by atoms with Gasteiger partial charge in [-0.15, -0.1) is 24.8 Å². The second-order valence-electron chi connectivity index (χ2n) is 5.14. The van der Waals surface area contributed by atoms with E-state index in [1.54, 1.807) is 0 Å². The lowest BCUT2D eigenvalue weighted by molar-refractivity contribution is 0.195. The number of piperidine rings is 1. The highest BCUT2D eigenvalue weighted by atomic mass is 35.5. The van der Waals surface area contributed by atoms with Crippen LogP contribution in [0, 0.1) is 0 Å². The molecule has 2 atom stereocenters. The van der Waals surface area contributed by atoms with Crippen LogP contribution in [0.5, 0.6) is 0 Å². The minimum atomic E-state index is 0. The molecule has 0 aromatic rings. The summed E-state index contributed by atoms with van der Waals surface area (Å²) in [7, 11) is 2.09. The summed E-state index contributed by atoms with van der Waals surface area (Å²) in [6.07, 6.45) is 5.28. The van der Waals surface area contributed by atoms with Gasteiger partial charge in [-0.05, 0) is 46.6 Å². The standard InChI is InChI=1S/C10H20N2.2ClH/c1-9-4-5-10(2,12-9)7-8(6-9)11-3;;/h8,11-12H,4-7H2,1-3H3;2*1H. The third kappa shape index (κ3) is 2.54. The van der Waals surface area contributed by atoms with Crippen molar-refractivity contribution in [1.82, 2.24) is 10.6 Å². The lowest BCUT2D eigenvalue weighted by Gasteiger charge is -2.41. The molecule has 14 heavy (non-hydrogen) atoms. The maximum Gasteiger partial charge on any atom is 0.0173 e. The molecule has 0 aromatic heterocycles. The van der Waals surface area contributed by atoms with Crippen molar-refractivity contribution in [3.05, 3.63) is 0 Å². The summed E-state index contributed by atoms with van der Waals surface area (Å²) in [6.45, 7) is 4.73. The highest BCUT2D eigenvalue weighted by Crippen LogP contribution is 2.41. The van der Waals surface area contributed by atoms with Crippen molar-refractivity contribution in [2.75, 3.05) is 7.05 Å². The van der Waals surface area contributed by atoms with Gasteiger partial charge in [0.25, 0.3) is 0 Å². The van der Waals surface area contributed by atoms with Crippen LogP contribution >= 0.6 is 24.8 Å². The van der Waals surface area contributed by atoms with Crippen LogP contribution in [0.15, 0.2) is 0 Å². The molecule has 2 nitrogen and oxygen atoms in total. The van der Waals surface area contributed by atoms with Crippen LogP contribution in [0.25, 0.3) is 0 Å². The molecule has 2 bridgehead atoms. The molecule has 0 saturated carbocycles. The first-order valence-electron chi connectivity index (χ1n) is 5.02. The fourth-order valence-corrected chi connectivity index (χ4v) is 3.08. The minimum Gasteiger partial charge on any atom is -0.317 e. The van der Waals surface area contributed by atoms with Crippen LogP contribution in [0.3, 0.4) is 0 Å². The van der Waals surface area contributed by atoms with Gasteiger partial charge in [0, 0.05) is 17.1 Å². The zero-order valence-electron chi connectivity index (χ0n) is 9.22. The Bertz CT molecular complexity index is 183. The third-order valence-corrected chi connectivity index (χ3v) is 3.63. The molecule has 4 heteroatoms. The second-order valence-corrected chi connectivity index (χ2v) is 5.14. The van der Waals surface area contributed by atoms with Crippen molar-refractivity contribution in [3.63, 3.8) is 0 Å². The van der Waals surface area contributed by atoms with Crippen molar-refractivity contribution in [2.24, 2.45) is 0 Å². The summed E-state index contributed by atoms with van der Waals surface area (Å²) >= 11 is 0. The van der Waals surface area contributed by atoms with Gasteiger partial charge in [-0.3, -0.25) is 0 Å². The van der Waals surface area contributed by atoms with Gasteiger partial charge in [-0.2, -0.15) is 0 Å². The van der Waals surface area contributed by atoms with E-state index in [4.69, 9.17) is 0 Å². The van der Waals surface area contributed by atoms with E-state index in [0.29, 0.717) is 11.1 Å². The van der Waals surface area contributed by atoms with Gasteiger partial charge in [-0.25, -0.2) is 0 Å². The van der Waals surface area contributed by atoms with E-state index in [-0.39, 0.29) is 24.8 Å². The van der Waals surface area contributed by atoms with Crippen molar-refractivity contribution in [2.45, 2.75) is 56.7 Å². The van der Waals surface area contributed by atoms with E-state index in [9.17, 15) is 0 Å². The topological polar surface area (TPSA) is 24.1 Å². The van der Waals surface area contributed by atoms with Crippen LogP contribution in [-0.4, -0.2) is 24.2 Å². The van der Waals surface area contributed by atoms with E-state index in [0.717, 1.165) is 6.04 Å². The monoisotopic (exact) mass is 240 g/mol. The summed E-state index contributed by atoms with van der Waals surface area (Å²) in [5.74, 6) is 0. The number of hydrogen-bond donors (Lipinski definition) is 2. The zero-order valence-corrected chi connectivity index (χ0v) is 10.9. The molecule has 2 aliphatic rings. The van der Waals surface area contributed by atoms with Crippen molar-refractivity contribution >= 4 is 24.8 Å². The van der Waals surface area contributed by atoms with E-state index in [2.05, 4.69) is 31.5 Å². The maximum absolute atomic E-state index is 3.77. The molecule has 0 amide bonds. The lowest BCUT2D eigenvalue weighted by Crippen LogP contribution is -2.57. The van der Waals surface area contributed by atoms with Crippen LogP contribution in [0.1, 0.15) is 39.5 Å². The molecule has 2 unspecified atom stereocenters. The average molecular weight is 241 g/mol. The Morgan fingerprint density at radius 3 is 1.86 bits per heavy atom. The summed E-state index contributed by atoms with van der Waals surface area (Å²) < 4.78 is 0. The molecule has 2 heterocycles. The molecule has 0 aliphatic carbocycles. The highest BCUT2D eigenvalue weighted by Gasteiger charge is 2.47. The quantitative estimate of drug-likeness (QED) is 0.734. The van der Waals surface area contributed by atoms with Gasteiger partial charge < -0.3 is 10.6 Å². The number of nitrogens with one attached hydrogen (secondary N) is 2. The maximum atomic E-state index is 3.77. The Morgan fingerprint density at radius 1 is 1.07 bits per heavy atom. The van der Waals surface area contributed by atoms with Gasteiger partial charge in [0.05, 0.1) is 0 Å². The van der Waals surface area contributed by atoms with E-state index in [1.807, 2.05) is 0 Å². The fraction of sp³-hybridized carbons (Fsp3) is 1.00. The molecule has 0 spiro atoms. The van der Waals surface area contributed by atoms with Gasteiger partial charge >= 0.3 is 0 Å². The smallest absolute Gasteiger partial charge is 0.0173 e.